The number of hydrogen-bond donors (Lipinski definition) is 2. The van der Waals surface area contributed by atoms with E-state index in [-0.39, 0.29) is 16.9 Å². The van der Waals surface area contributed by atoms with Crippen molar-refractivity contribution in [3.63, 3.8) is 0 Å². The number of rotatable bonds is 5. The number of thiazole rings is 1. The van der Waals surface area contributed by atoms with Crippen LogP contribution in [0.2, 0.25) is 0 Å². The van der Waals surface area contributed by atoms with Crippen LogP contribution < -0.4 is 10.9 Å². The number of aromatic nitrogens is 3. The monoisotopic (exact) mass is 378 g/mol. The number of aliphatic carboxylic acids is 1. The molecule has 2 heterocycles. The number of amides is 1. The van der Waals surface area contributed by atoms with Gasteiger partial charge >= 0.3 is 5.97 Å². The number of carboxylic acids is 1. The van der Waals surface area contributed by atoms with Crippen LogP contribution in [0.3, 0.4) is 0 Å². The van der Waals surface area contributed by atoms with E-state index in [1.54, 1.807) is 34.7 Å². The quantitative estimate of drug-likeness (QED) is 0.820. The molecule has 0 saturated carbocycles. The summed E-state index contributed by atoms with van der Waals surface area (Å²) in [5.41, 5.74) is 0.597. The minimum atomic E-state index is -1.37. The molecule has 0 aromatic carbocycles. The fraction of sp³-hybridized carbons (Fsp3) is 0.471. The number of nitrogens with zero attached hydrogens (tertiary/aromatic N) is 3. The highest BCUT2D eigenvalue weighted by Gasteiger charge is 2.34. The maximum absolute atomic E-state index is 12.6. The fourth-order valence-electron chi connectivity index (χ4n) is 2.41. The second-order valence-electron chi connectivity index (χ2n) is 6.39. The van der Waals surface area contributed by atoms with E-state index in [1.807, 2.05) is 0 Å². The van der Waals surface area contributed by atoms with Gasteiger partial charge in [-0.3, -0.25) is 9.59 Å². The van der Waals surface area contributed by atoms with Crippen molar-refractivity contribution in [2.75, 3.05) is 0 Å². The molecule has 2 rings (SSSR count). The smallest absolute Gasteiger partial charge is 0.329 e. The summed E-state index contributed by atoms with van der Waals surface area (Å²) in [5, 5.41) is 16.4. The van der Waals surface area contributed by atoms with Gasteiger partial charge in [-0.05, 0) is 39.7 Å². The van der Waals surface area contributed by atoms with Gasteiger partial charge in [0.15, 0.2) is 0 Å². The molecule has 0 aliphatic heterocycles. The molecule has 1 amide bonds. The third-order valence-electron chi connectivity index (χ3n) is 4.51. The van der Waals surface area contributed by atoms with Gasteiger partial charge in [-0.2, -0.15) is 5.10 Å². The summed E-state index contributed by atoms with van der Waals surface area (Å²) in [5.74, 6) is -1.62. The molecule has 140 valence electrons. The molecule has 0 saturated heterocycles. The summed E-state index contributed by atoms with van der Waals surface area (Å²) < 4.78 is 1.24. The lowest BCUT2D eigenvalue weighted by molar-refractivity contribution is -0.143. The molecular weight excluding hydrogens is 356 g/mol. The number of aryl methyl sites for hydroxylation is 3. The second-order valence-corrected chi connectivity index (χ2v) is 7.39. The molecule has 2 aromatic heterocycles. The molecule has 0 spiro atoms. The first-order chi connectivity index (χ1) is 12.0. The van der Waals surface area contributed by atoms with Crippen molar-refractivity contribution in [1.82, 2.24) is 20.1 Å². The molecule has 2 aromatic rings. The Labute approximate surface area is 154 Å². The Morgan fingerprint density at radius 1 is 1.27 bits per heavy atom. The Morgan fingerprint density at radius 2 is 1.88 bits per heavy atom. The topological polar surface area (TPSA) is 114 Å². The Kier molecular flexibility index (Phi) is 5.31. The summed E-state index contributed by atoms with van der Waals surface area (Å²) in [4.78, 5) is 41.2. The first kappa shape index (κ1) is 19.8. The molecular formula is C17H22N4O4S. The molecule has 26 heavy (non-hydrogen) atoms. The summed E-state index contributed by atoms with van der Waals surface area (Å²) in [7, 11) is 1.56. The van der Waals surface area contributed by atoms with Crippen molar-refractivity contribution in [1.29, 1.82) is 0 Å². The highest BCUT2D eigenvalue weighted by atomic mass is 32.1. The Hall–Kier alpha value is -2.55. The van der Waals surface area contributed by atoms with Crippen molar-refractivity contribution >= 4 is 23.2 Å². The third kappa shape index (κ3) is 3.39. The van der Waals surface area contributed by atoms with Gasteiger partial charge in [0.1, 0.15) is 15.4 Å². The van der Waals surface area contributed by atoms with Crippen molar-refractivity contribution in [3.05, 3.63) is 32.2 Å². The predicted octanol–water partition coefficient (Wildman–Crippen LogP) is 1.81. The largest absolute Gasteiger partial charge is 0.480 e. The van der Waals surface area contributed by atoms with Crippen LogP contribution in [-0.2, 0) is 11.8 Å². The zero-order valence-corrected chi connectivity index (χ0v) is 16.4. The van der Waals surface area contributed by atoms with Crippen LogP contribution in [0, 0.1) is 20.8 Å². The number of carboxylic acid groups (broad SMARTS) is 1. The molecule has 1 atom stereocenters. The van der Waals surface area contributed by atoms with E-state index in [0.717, 1.165) is 11.3 Å². The van der Waals surface area contributed by atoms with Gasteiger partial charge in [0, 0.05) is 7.05 Å². The van der Waals surface area contributed by atoms with Gasteiger partial charge in [-0.25, -0.2) is 14.5 Å². The van der Waals surface area contributed by atoms with Gasteiger partial charge < -0.3 is 10.4 Å². The Bertz CT molecular complexity index is 947. The lowest BCUT2D eigenvalue weighted by atomic mass is 9.99. The van der Waals surface area contributed by atoms with E-state index < -0.39 is 17.4 Å². The normalized spacial score (nSPS) is 13.3. The number of hydrogen-bond acceptors (Lipinski definition) is 6. The minimum Gasteiger partial charge on any atom is -0.480 e. The third-order valence-corrected chi connectivity index (χ3v) is 5.68. The molecule has 0 bridgehead atoms. The van der Waals surface area contributed by atoms with Gasteiger partial charge in [-0.1, -0.05) is 6.92 Å². The predicted molar refractivity (Wildman–Crippen MR) is 98.6 cm³/mol. The SMILES string of the molecule is CCC(C)(NC(=O)c1sc(-c2c(C)c(C)nn(C)c2=O)nc1C)C(=O)O. The van der Waals surface area contributed by atoms with Crippen LogP contribution in [0.4, 0.5) is 0 Å². The average Bonchev–Trinajstić information content (AvgIpc) is 2.94. The zero-order valence-electron chi connectivity index (χ0n) is 15.6. The standard InChI is InChI=1S/C17H22N4O4S/c1-7-17(5,16(24)25)19-13(22)12-10(4)18-14(26-12)11-8(2)9(3)20-21(6)15(11)23/h7H2,1-6H3,(H,19,22)(H,24,25). The lowest BCUT2D eigenvalue weighted by Crippen LogP contribution is -2.51. The van der Waals surface area contributed by atoms with E-state index in [4.69, 9.17) is 0 Å². The van der Waals surface area contributed by atoms with Crippen LogP contribution in [-0.4, -0.2) is 37.3 Å². The van der Waals surface area contributed by atoms with Crippen LogP contribution >= 0.6 is 11.3 Å². The summed E-state index contributed by atoms with van der Waals surface area (Å²) in [6.45, 7) is 8.38. The van der Waals surface area contributed by atoms with E-state index in [0.29, 0.717) is 27.5 Å². The maximum Gasteiger partial charge on any atom is 0.329 e. The molecule has 0 aliphatic rings. The van der Waals surface area contributed by atoms with Gasteiger partial charge in [0.2, 0.25) is 0 Å². The Morgan fingerprint density at radius 3 is 2.42 bits per heavy atom. The average molecular weight is 378 g/mol. The van der Waals surface area contributed by atoms with Crippen molar-refractivity contribution in [2.24, 2.45) is 7.05 Å². The molecule has 0 radical (unpaired) electrons. The number of carbonyl (C=O) groups excluding carboxylic acids is 1. The van der Waals surface area contributed by atoms with Gasteiger partial charge in [0.05, 0.1) is 17.0 Å². The second kappa shape index (κ2) is 6.99. The summed E-state index contributed by atoms with van der Waals surface area (Å²) in [6.07, 6.45) is 0.238. The van der Waals surface area contributed by atoms with E-state index in [2.05, 4.69) is 15.4 Å². The number of carbonyl (C=O) groups is 2. The molecule has 2 N–H and O–H groups in total. The highest BCUT2D eigenvalue weighted by molar-refractivity contribution is 7.17. The maximum atomic E-state index is 12.6. The van der Waals surface area contributed by atoms with E-state index >= 15 is 0 Å². The molecule has 9 heteroatoms. The van der Waals surface area contributed by atoms with Gasteiger partial charge in [0.25, 0.3) is 11.5 Å². The first-order valence-corrected chi connectivity index (χ1v) is 8.91. The van der Waals surface area contributed by atoms with Crippen LogP contribution in [0.1, 0.15) is 46.9 Å². The Balaban J connectivity index is 2.50. The van der Waals surface area contributed by atoms with Crippen molar-refractivity contribution in [3.8, 4) is 10.6 Å². The summed E-state index contributed by atoms with van der Waals surface area (Å²) in [6, 6.07) is 0. The van der Waals surface area contributed by atoms with Crippen molar-refractivity contribution < 1.29 is 14.7 Å². The van der Waals surface area contributed by atoms with E-state index in [1.165, 1.54) is 11.6 Å². The lowest BCUT2D eigenvalue weighted by Gasteiger charge is -2.24. The van der Waals surface area contributed by atoms with E-state index in [9.17, 15) is 19.5 Å². The zero-order chi connectivity index (χ0) is 19.8. The molecule has 8 nitrogen and oxygen atoms in total. The minimum absolute atomic E-state index is 0.238. The van der Waals surface area contributed by atoms with Crippen molar-refractivity contribution in [2.45, 2.75) is 46.6 Å². The first-order valence-electron chi connectivity index (χ1n) is 8.10. The fourth-order valence-corrected chi connectivity index (χ4v) is 3.47. The molecule has 1 unspecified atom stereocenters. The molecule has 0 fully saturated rings. The highest BCUT2D eigenvalue weighted by Crippen LogP contribution is 2.29. The van der Waals surface area contributed by atoms with Crippen LogP contribution in [0.15, 0.2) is 4.79 Å². The van der Waals surface area contributed by atoms with Crippen LogP contribution in [0.25, 0.3) is 10.6 Å². The summed E-state index contributed by atoms with van der Waals surface area (Å²) >= 11 is 1.07. The molecule has 0 aliphatic carbocycles. The number of nitrogens with one attached hydrogen (secondary N) is 1. The van der Waals surface area contributed by atoms with Gasteiger partial charge in [-0.15, -0.1) is 11.3 Å². The van der Waals surface area contributed by atoms with Crippen LogP contribution in [0.5, 0.6) is 0 Å².